The van der Waals surface area contributed by atoms with E-state index < -0.39 is 5.63 Å². The third-order valence-electron chi connectivity index (χ3n) is 4.48. The largest absolute Gasteiger partial charge is 0.494 e. The summed E-state index contributed by atoms with van der Waals surface area (Å²) in [6.07, 6.45) is 0. The number of carbonyl (C=O) groups is 1. The fourth-order valence-corrected chi connectivity index (χ4v) is 3.12. The molecule has 144 valence electrons. The number of hydrogen-bond donors (Lipinski definition) is 1. The van der Waals surface area contributed by atoms with Crippen molar-refractivity contribution in [2.24, 2.45) is 0 Å². The molecule has 1 N–H and O–H groups in total. The van der Waals surface area contributed by atoms with E-state index in [2.05, 4.69) is 5.32 Å². The summed E-state index contributed by atoms with van der Waals surface area (Å²) in [6.45, 7) is 2.42. The maximum Gasteiger partial charge on any atom is 0.344 e. The molecule has 29 heavy (non-hydrogen) atoms. The van der Waals surface area contributed by atoms with Gasteiger partial charge >= 0.3 is 5.63 Å². The van der Waals surface area contributed by atoms with Crippen LogP contribution in [0.5, 0.6) is 5.75 Å². The Morgan fingerprint density at radius 3 is 2.66 bits per heavy atom. The fraction of sp³-hybridized carbons (Fsp3) is 0.0833. The summed E-state index contributed by atoms with van der Waals surface area (Å²) in [5, 5.41) is 3.70. The van der Waals surface area contributed by atoms with Crippen molar-refractivity contribution in [1.29, 1.82) is 0 Å². The van der Waals surface area contributed by atoms with Crippen LogP contribution in [0.2, 0.25) is 0 Å². The van der Waals surface area contributed by atoms with Crippen LogP contribution in [-0.4, -0.2) is 12.5 Å². The lowest BCUT2D eigenvalue weighted by Crippen LogP contribution is -2.12. The summed E-state index contributed by atoms with van der Waals surface area (Å²) in [5.74, 6) is 0.386. The molecule has 0 aliphatic rings. The monoisotopic (exact) mass is 385 g/mol. The number of nitrogens with one attached hydrogen (secondary N) is 1. The lowest BCUT2D eigenvalue weighted by atomic mass is 10.1. The van der Waals surface area contributed by atoms with Gasteiger partial charge in [0.25, 0.3) is 5.91 Å². The maximum absolute atomic E-state index is 12.6. The number of rotatable bonds is 5. The molecule has 3 aromatic carbocycles. The van der Waals surface area contributed by atoms with E-state index in [0.717, 1.165) is 5.39 Å². The van der Waals surface area contributed by atoms with E-state index in [1.54, 1.807) is 54.6 Å². The highest BCUT2D eigenvalue weighted by atomic mass is 16.5. The number of benzene rings is 3. The first-order valence-electron chi connectivity index (χ1n) is 9.31. The van der Waals surface area contributed by atoms with Crippen molar-refractivity contribution in [1.82, 2.24) is 0 Å². The van der Waals surface area contributed by atoms with E-state index in [4.69, 9.17) is 9.15 Å². The van der Waals surface area contributed by atoms with E-state index in [0.29, 0.717) is 40.3 Å². The molecule has 0 radical (unpaired) electrons. The standard InChI is InChI=1S/C24H19NO4/c1-2-28-20-11-6-9-18(14-20)23(26)25-19-10-5-8-16(13-19)21-15-17-7-3-4-12-22(17)29-24(21)27/h3-15H,2H2,1H3,(H,25,26). The molecule has 0 unspecified atom stereocenters. The van der Waals surface area contributed by atoms with Crippen LogP contribution in [0.1, 0.15) is 17.3 Å². The third kappa shape index (κ3) is 4.04. The molecule has 1 heterocycles. The Bertz CT molecular complexity index is 1240. The van der Waals surface area contributed by atoms with Gasteiger partial charge in [-0.1, -0.05) is 36.4 Å². The van der Waals surface area contributed by atoms with Gasteiger partial charge in [-0.05, 0) is 55.0 Å². The number of hydrogen-bond acceptors (Lipinski definition) is 4. The minimum atomic E-state index is -0.420. The summed E-state index contributed by atoms with van der Waals surface area (Å²) >= 11 is 0. The molecule has 4 aromatic rings. The molecule has 0 saturated heterocycles. The second-order valence-corrected chi connectivity index (χ2v) is 6.48. The molecular weight excluding hydrogens is 366 g/mol. The highest BCUT2D eigenvalue weighted by molar-refractivity contribution is 6.04. The van der Waals surface area contributed by atoms with Crippen molar-refractivity contribution in [2.45, 2.75) is 6.92 Å². The van der Waals surface area contributed by atoms with E-state index in [1.165, 1.54) is 0 Å². The van der Waals surface area contributed by atoms with Gasteiger partial charge in [0.05, 0.1) is 12.2 Å². The Kier molecular flexibility index (Phi) is 5.12. The molecule has 1 aromatic heterocycles. The van der Waals surface area contributed by atoms with Crippen LogP contribution in [-0.2, 0) is 0 Å². The summed E-state index contributed by atoms with van der Waals surface area (Å²) in [7, 11) is 0. The Labute approximate surface area is 167 Å². The first-order chi connectivity index (χ1) is 14.1. The first-order valence-corrected chi connectivity index (χ1v) is 9.31. The van der Waals surface area contributed by atoms with Gasteiger partial charge in [0, 0.05) is 16.6 Å². The van der Waals surface area contributed by atoms with E-state index >= 15 is 0 Å². The predicted molar refractivity (Wildman–Crippen MR) is 113 cm³/mol. The topological polar surface area (TPSA) is 68.5 Å². The Morgan fingerprint density at radius 2 is 1.79 bits per heavy atom. The average Bonchev–Trinajstić information content (AvgIpc) is 2.74. The normalized spacial score (nSPS) is 10.7. The highest BCUT2D eigenvalue weighted by Crippen LogP contribution is 2.24. The van der Waals surface area contributed by atoms with Crippen LogP contribution < -0.4 is 15.7 Å². The van der Waals surface area contributed by atoms with Gasteiger partial charge in [-0.15, -0.1) is 0 Å². The lowest BCUT2D eigenvalue weighted by molar-refractivity contribution is 0.102. The van der Waals surface area contributed by atoms with Crippen molar-refractivity contribution in [3.8, 4) is 16.9 Å². The van der Waals surface area contributed by atoms with E-state index in [-0.39, 0.29) is 5.91 Å². The number of fused-ring (bicyclic) bond motifs is 1. The highest BCUT2D eigenvalue weighted by Gasteiger charge is 2.11. The molecular formula is C24H19NO4. The van der Waals surface area contributed by atoms with Crippen molar-refractivity contribution in [3.05, 3.63) is 94.8 Å². The Hall–Kier alpha value is -3.86. The van der Waals surface area contributed by atoms with Gasteiger partial charge < -0.3 is 14.5 Å². The minimum absolute atomic E-state index is 0.255. The molecule has 0 saturated carbocycles. The summed E-state index contributed by atoms with van der Waals surface area (Å²) in [5.41, 5.74) is 2.31. The molecule has 0 aliphatic heterocycles. The Balaban J connectivity index is 1.63. The van der Waals surface area contributed by atoms with Crippen LogP contribution in [0, 0.1) is 0 Å². The molecule has 0 bridgehead atoms. The summed E-state index contributed by atoms with van der Waals surface area (Å²) in [6, 6.07) is 23.3. The number of anilines is 1. The third-order valence-corrected chi connectivity index (χ3v) is 4.48. The second kappa shape index (κ2) is 8.02. The van der Waals surface area contributed by atoms with Crippen molar-refractivity contribution >= 4 is 22.6 Å². The molecule has 0 fully saturated rings. The summed E-state index contributed by atoms with van der Waals surface area (Å²) in [4.78, 5) is 25.0. The van der Waals surface area contributed by atoms with Gasteiger partial charge in [-0.25, -0.2) is 4.79 Å². The number of carbonyl (C=O) groups excluding carboxylic acids is 1. The van der Waals surface area contributed by atoms with Gasteiger partial charge in [0.15, 0.2) is 0 Å². The van der Waals surface area contributed by atoms with E-state index in [1.807, 2.05) is 31.2 Å². The molecule has 0 spiro atoms. The SMILES string of the molecule is CCOc1cccc(C(=O)Nc2cccc(-c3cc4ccccc4oc3=O)c2)c1. The molecule has 0 aliphatic carbocycles. The number of amides is 1. The summed E-state index contributed by atoms with van der Waals surface area (Å²) < 4.78 is 10.9. The fourth-order valence-electron chi connectivity index (χ4n) is 3.12. The Morgan fingerprint density at radius 1 is 0.966 bits per heavy atom. The molecule has 5 heteroatoms. The second-order valence-electron chi connectivity index (χ2n) is 6.48. The molecule has 4 rings (SSSR count). The van der Waals surface area contributed by atoms with Crippen molar-refractivity contribution < 1.29 is 13.9 Å². The average molecular weight is 385 g/mol. The van der Waals surface area contributed by atoms with Crippen LogP contribution in [0.25, 0.3) is 22.1 Å². The number of ether oxygens (including phenoxy) is 1. The molecule has 0 atom stereocenters. The van der Waals surface area contributed by atoms with Gasteiger partial charge in [-0.2, -0.15) is 0 Å². The first kappa shape index (κ1) is 18.5. The predicted octanol–water partition coefficient (Wildman–Crippen LogP) is 5.11. The van der Waals surface area contributed by atoms with Gasteiger partial charge in [0.1, 0.15) is 11.3 Å². The van der Waals surface area contributed by atoms with Crippen LogP contribution in [0.3, 0.4) is 0 Å². The lowest BCUT2D eigenvalue weighted by Gasteiger charge is -2.09. The quantitative estimate of drug-likeness (QED) is 0.485. The van der Waals surface area contributed by atoms with Crippen LogP contribution in [0.15, 0.2) is 88.1 Å². The smallest absolute Gasteiger partial charge is 0.344 e. The minimum Gasteiger partial charge on any atom is -0.494 e. The zero-order valence-corrected chi connectivity index (χ0v) is 15.8. The van der Waals surface area contributed by atoms with Crippen molar-refractivity contribution in [3.63, 3.8) is 0 Å². The van der Waals surface area contributed by atoms with Crippen LogP contribution >= 0.6 is 0 Å². The number of para-hydroxylation sites is 1. The molecule has 1 amide bonds. The van der Waals surface area contributed by atoms with E-state index in [9.17, 15) is 9.59 Å². The maximum atomic E-state index is 12.6. The zero-order chi connectivity index (χ0) is 20.2. The zero-order valence-electron chi connectivity index (χ0n) is 15.8. The van der Waals surface area contributed by atoms with Gasteiger partial charge in [-0.3, -0.25) is 4.79 Å². The molecule has 5 nitrogen and oxygen atoms in total. The van der Waals surface area contributed by atoms with Crippen LogP contribution in [0.4, 0.5) is 5.69 Å². The van der Waals surface area contributed by atoms with Gasteiger partial charge in [0.2, 0.25) is 0 Å². The van der Waals surface area contributed by atoms with Crippen molar-refractivity contribution in [2.75, 3.05) is 11.9 Å².